The van der Waals surface area contributed by atoms with Crippen LogP contribution in [0.25, 0.3) is 16.9 Å². The SMILES string of the molecule is CCOc1cc(-c2nncn2C)ccc1Nc1nc(NC2CCC(C)(O)CC2)c2cccn2n1. The van der Waals surface area contributed by atoms with Gasteiger partial charge in [0.25, 0.3) is 0 Å². The first kappa shape index (κ1) is 22.1. The Morgan fingerprint density at radius 1 is 1.24 bits per heavy atom. The maximum atomic E-state index is 10.3. The molecule has 0 spiro atoms. The topological polar surface area (TPSA) is 114 Å². The number of nitrogens with one attached hydrogen (secondary N) is 2. The third-order valence-corrected chi connectivity index (χ3v) is 6.29. The molecule has 1 aromatic carbocycles. The van der Waals surface area contributed by atoms with Gasteiger partial charge < -0.3 is 25.0 Å². The van der Waals surface area contributed by atoms with Crippen molar-refractivity contribution < 1.29 is 9.84 Å². The normalized spacial score (nSPS) is 20.4. The zero-order valence-electron chi connectivity index (χ0n) is 19.7. The molecule has 1 fully saturated rings. The molecule has 3 aromatic heterocycles. The second-order valence-corrected chi connectivity index (χ2v) is 9.07. The molecule has 1 saturated carbocycles. The molecule has 10 nitrogen and oxygen atoms in total. The maximum Gasteiger partial charge on any atom is 0.247 e. The van der Waals surface area contributed by atoms with Crippen molar-refractivity contribution in [2.45, 2.75) is 51.2 Å². The molecule has 3 N–H and O–H groups in total. The van der Waals surface area contributed by atoms with Crippen LogP contribution in [0.1, 0.15) is 39.5 Å². The van der Waals surface area contributed by atoms with E-state index in [1.165, 1.54) is 0 Å². The predicted molar refractivity (Wildman–Crippen MR) is 130 cm³/mol. The van der Waals surface area contributed by atoms with Gasteiger partial charge in [0, 0.05) is 24.8 Å². The molecule has 0 bridgehead atoms. The standard InChI is InChI=1S/C24H30N8O2/c1-4-34-20-14-16(22-29-25-15-31(22)3)7-8-18(20)27-23-28-21(19-6-5-13-32(19)30-23)26-17-9-11-24(2,33)12-10-17/h5-8,13-15,17,33H,4,9-12H2,1-3H3,(H2,26,27,28,30). The number of rotatable bonds is 7. The summed E-state index contributed by atoms with van der Waals surface area (Å²) in [5.41, 5.74) is 2.00. The van der Waals surface area contributed by atoms with Crippen LogP contribution in [0.15, 0.2) is 42.9 Å². The van der Waals surface area contributed by atoms with Gasteiger partial charge >= 0.3 is 0 Å². The van der Waals surface area contributed by atoms with E-state index in [0.717, 1.165) is 54.1 Å². The summed E-state index contributed by atoms with van der Waals surface area (Å²) in [6, 6.07) is 10.0. The minimum absolute atomic E-state index is 0.256. The van der Waals surface area contributed by atoms with E-state index in [2.05, 4.69) is 25.9 Å². The molecule has 1 aliphatic rings. The first-order chi connectivity index (χ1) is 16.4. The van der Waals surface area contributed by atoms with E-state index in [9.17, 15) is 5.11 Å². The van der Waals surface area contributed by atoms with Crippen molar-refractivity contribution in [1.82, 2.24) is 29.4 Å². The number of aryl methyl sites for hydroxylation is 1. The molecule has 178 valence electrons. The van der Waals surface area contributed by atoms with Gasteiger partial charge in [-0.25, -0.2) is 4.52 Å². The van der Waals surface area contributed by atoms with Crippen molar-refractivity contribution in [2.75, 3.05) is 17.2 Å². The zero-order chi connectivity index (χ0) is 23.7. The van der Waals surface area contributed by atoms with Crippen molar-refractivity contribution in [1.29, 1.82) is 0 Å². The number of anilines is 3. The number of benzene rings is 1. The van der Waals surface area contributed by atoms with Crippen LogP contribution in [-0.4, -0.2) is 52.7 Å². The molecule has 0 atom stereocenters. The van der Waals surface area contributed by atoms with Gasteiger partial charge in [-0.05, 0) is 69.9 Å². The Morgan fingerprint density at radius 2 is 2.06 bits per heavy atom. The van der Waals surface area contributed by atoms with Crippen LogP contribution in [0, 0.1) is 0 Å². The van der Waals surface area contributed by atoms with Crippen LogP contribution < -0.4 is 15.4 Å². The molecule has 0 radical (unpaired) electrons. The highest BCUT2D eigenvalue weighted by atomic mass is 16.5. The van der Waals surface area contributed by atoms with Crippen molar-refractivity contribution in [3.05, 3.63) is 42.9 Å². The first-order valence-electron chi connectivity index (χ1n) is 11.6. The first-order valence-corrected chi connectivity index (χ1v) is 11.6. The fourth-order valence-corrected chi connectivity index (χ4v) is 4.38. The Bertz CT molecular complexity index is 1290. The fraction of sp³-hybridized carbons (Fsp3) is 0.417. The van der Waals surface area contributed by atoms with Crippen LogP contribution in [-0.2, 0) is 7.05 Å². The third kappa shape index (κ3) is 4.54. The van der Waals surface area contributed by atoms with Gasteiger partial charge in [0.1, 0.15) is 17.6 Å². The van der Waals surface area contributed by atoms with Gasteiger partial charge in [0.2, 0.25) is 5.95 Å². The van der Waals surface area contributed by atoms with E-state index in [1.54, 1.807) is 6.33 Å². The van der Waals surface area contributed by atoms with Crippen LogP contribution in [0.2, 0.25) is 0 Å². The Balaban J connectivity index is 1.43. The molecule has 1 aliphatic carbocycles. The lowest BCUT2D eigenvalue weighted by Gasteiger charge is -2.33. The van der Waals surface area contributed by atoms with Crippen LogP contribution in [0.4, 0.5) is 17.5 Å². The molecular formula is C24H30N8O2. The summed E-state index contributed by atoms with van der Waals surface area (Å²) in [6.45, 7) is 4.38. The number of aliphatic hydroxyl groups is 1. The third-order valence-electron chi connectivity index (χ3n) is 6.29. The maximum absolute atomic E-state index is 10.3. The second kappa shape index (κ2) is 8.94. The summed E-state index contributed by atoms with van der Waals surface area (Å²) in [4.78, 5) is 4.79. The summed E-state index contributed by atoms with van der Waals surface area (Å²) < 4.78 is 9.59. The molecule has 34 heavy (non-hydrogen) atoms. The number of hydrogen-bond donors (Lipinski definition) is 3. The zero-order valence-corrected chi connectivity index (χ0v) is 19.7. The van der Waals surface area contributed by atoms with Gasteiger partial charge in [-0.2, -0.15) is 4.98 Å². The van der Waals surface area contributed by atoms with Gasteiger partial charge in [-0.15, -0.1) is 15.3 Å². The highest BCUT2D eigenvalue weighted by Gasteiger charge is 2.29. The number of fused-ring (bicyclic) bond motifs is 1. The number of aromatic nitrogens is 6. The summed E-state index contributed by atoms with van der Waals surface area (Å²) in [5.74, 6) is 2.67. The predicted octanol–water partition coefficient (Wildman–Crippen LogP) is 3.77. The molecule has 4 aromatic rings. The molecule has 0 unspecified atom stereocenters. The average molecular weight is 463 g/mol. The molecule has 10 heteroatoms. The minimum atomic E-state index is -0.576. The number of hydrogen-bond acceptors (Lipinski definition) is 8. The quantitative estimate of drug-likeness (QED) is 0.380. The van der Waals surface area contributed by atoms with E-state index in [4.69, 9.17) is 9.72 Å². The van der Waals surface area contributed by atoms with Gasteiger partial charge in [0.15, 0.2) is 11.6 Å². The lowest BCUT2D eigenvalue weighted by Crippen LogP contribution is -2.36. The largest absolute Gasteiger partial charge is 0.492 e. The van der Waals surface area contributed by atoms with E-state index < -0.39 is 5.60 Å². The molecular weight excluding hydrogens is 432 g/mol. The molecule has 0 amide bonds. The van der Waals surface area contributed by atoms with E-state index in [1.807, 2.05) is 66.5 Å². The van der Waals surface area contributed by atoms with Gasteiger partial charge in [-0.3, -0.25) is 0 Å². The summed E-state index contributed by atoms with van der Waals surface area (Å²) in [5, 5.41) is 30.0. The Labute approximate surface area is 198 Å². The highest BCUT2D eigenvalue weighted by Crippen LogP contribution is 2.33. The van der Waals surface area contributed by atoms with Crippen LogP contribution in [0.5, 0.6) is 5.75 Å². The van der Waals surface area contributed by atoms with Crippen LogP contribution >= 0.6 is 0 Å². The summed E-state index contributed by atoms with van der Waals surface area (Å²) in [7, 11) is 1.91. The van der Waals surface area contributed by atoms with Gasteiger partial charge in [-0.1, -0.05) is 0 Å². The molecule has 3 heterocycles. The lowest BCUT2D eigenvalue weighted by atomic mass is 9.84. The van der Waals surface area contributed by atoms with E-state index >= 15 is 0 Å². The van der Waals surface area contributed by atoms with E-state index in [0.29, 0.717) is 18.3 Å². The molecule has 5 rings (SSSR count). The lowest BCUT2D eigenvalue weighted by molar-refractivity contribution is 0.0196. The van der Waals surface area contributed by atoms with E-state index in [-0.39, 0.29) is 6.04 Å². The smallest absolute Gasteiger partial charge is 0.247 e. The number of nitrogens with zero attached hydrogens (tertiary/aromatic N) is 6. The molecule has 0 saturated heterocycles. The Morgan fingerprint density at radius 3 is 2.79 bits per heavy atom. The summed E-state index contributed by atoms with van der Waals surface area (Å²) in [6.07, 6.45) is 6.90. The van der Waals surface area contributed by atoms with Crippen molar-refractivity contribution >= 4 is 23.0 Å². The fourth-order valence-electron chi connectivity index (χ4n) is 4.38. The Kier molecular flexibility index (Phi) is 5.82. The average Bonchev–Trinajstić information content (AvgIpc) is 3.45. The van der Waals surface area contributed by atoms with Crippen LogP contribution in [0.3, 0.4) is 0 Å². The van der Waals surface area contributed by atoms with Gasteiger partial charge in [0.05, 0.1) is 17.9 Å². The monoisotopic (exact) mass is 462 g/mol. The van der Waals surface area contributed by atoms with Crippen molar-refractivity contribution in [3.8, 4) is 17.1 Å². The second-order valence-electron chi connectivity index (χ2n) is 9.07. The molecule has 0 aliphatic heterocycles. The summed E-state index contributed by atoms with van der Waals surface area (Å²) >= 11 is 0. The highest BCUT2D eigenvalue weighted by molar-refractivity contribution is 5.73. The van der Waals surface area contributed by atoms with Crippen molar-refractivity contribution in [3.63, 3.8) is 0 Å². The minimum Gasteiger partial charge on any atom is -0.492 e. The number of ether oxygens (including phenoxy) is 1. The Hall–Kier alpha value is -3.66. The van der Waals surface area contributed by atoms with Crippen molar-refractivity contribution in [2.24, 2.45) is 7.05 Å².